The van der Waals surface area contributed by atoms with E-state index >= 15 is 0 Å². The fourth-order valence-corrected chi connectivity index (χ4v) is 1.30. The number of nitrogens with one attached hydrogen (secondary N) is 1. The van der Waals surface area contributed by atoms with E-state index in [9.17, 15) is 0 Å². The monoisotopic (exact) mass is 228 g/mol. The van der Waals surface area contributed by atoms with E-state index in [1.54, 1.807) is 0 Å². The van der Waals surface area contributed by atoms with E-state index in [1.807, 2.05) is 18.2 Å². The van der Waals surface area contributed by atoms with Crippen molar-refractivity contribution < 1.29 is 4.74 Å². The van der Waals surface area contributed by atoms with Crippen molar-refractivity contribution in [3.05, 3.63) is 22.8 Å². The molecule has 0 aliphatic carbocycles. The molecule has 0 unspecified atom stereocenters. The van der Waals surface area contributed by atoms with Crippen molar-refractivity contribution >= 4 is 15.9 Å². The first-order chi connectivity index (χ1) is 5.84. The highest BCUT2D eigenvalue weighted by Gasteiger charge is 2.18. The van der Waals surface area contributed by atoms with Gasteiger partial charge in [0, 0.05) is 19.2 Å². The van der Waals surface area contributed by atoms with E-state index in [1.165, 1.54) is 0 Å². The predicted octanol–water partition coefficient (Wildman–Crippen LogP) is 1.19. The van der Waals surface area contributed by atoms with Crippen LogP contribution in [-0.4, -0.2) is 24.2 Å². The number of hydrogen-bond donors (Lipinski definition) is 1. The van der Waals surface area contributed by atoms with Crippen LogP contribution in [0.4, 0.5) is 0 Å². The summed E-state index contributed by atoms with van der Waals surface area (Å²) in [4.78, 5) is 4.16. The molecule has 1 N–H and O–H groups in total. The highest BCUT2D eigenvalue weighted by molar-refractivity contribution is 9.10. The fourth-order valence-electron chi connectivity index (χ4n) is 0.972. The third-order valence-corrected chi connectivity index (χ3v) is 2.16. The minimum Gasteiger partial charge on any atom is -0.472 e. The van der Waals surface area contributed by atoms with Gasteiger partial charge in [-0.1, -0.05) is 6.07 Å². The molecule has 1 aromatic rings. The number of rotatable bonds is 2. The van der Waals surface area contributed by atoms with Gasteiger partial charge in [-0.15, -0.1) is 0 Å². The molecule has 2 rings (SSSR count). The maximum atomic E-state index is 5.53. The van der Waals surface area contributed by atoms with Crippen molar-refractivity contribution in [3.8, 4) is 5.88 Å². The van der Waals surface area contributed by atoms with E-state index in [4.69, 9.17) is 4.74 Å². The lowest BCUT2D eigenvalue weighted by atomic mass is 10.2. The van der Waals surface area contributed by atoms with Crippen molar-refractivity contribution in [3.63, 3.8) is 0 Å². The molecular weight excluding hydrogens is 220 g/mol. The molecule has 0 amide bonds. The smallest absolute Gasteiger partial charge is 0.214 e. The van der Waals surface area contributed by atoms with Crippen LogP contribution in [0.1, 0.15) is 0 Å². The summed E-state index contributed by atoms with van der Waals surface area (Å²) < 4.78 is 6.34. The summed E-state index contributed by atoms with van der Waals surface area (Å²) in [5.41, 5.74) is 0. The lowest BCUT2D eigenvalue weighted by Crippen LogP contribution is -2.50. The predicted molar refractivity (Wildman–Crippen MR) is 49.2 cm³/mol. The Balaban J connectivity index is 2.02. The number of hydrogen-bond acceptors (Lipinski definition) is 3. The molecule has 1 saturated heterocycles. The van der Waals surface area contributed by atoms with E-state index in [0.29, 0.717) is 12.0 Å². The molecular formula is C8H9BrN2O. The Morgan fingerprint density at radius 3 is 2.92 bits per heavy atom. The molecule has 0 radical (unpaired) electrons. The largest absolute Gasteiger partial charge is 0.472 e. The fraction of sp³-hybridized carbons (Fsp3) is 0.375. The van der Waals surface area contributed by atoms with Crippen molar-refractivity contribution in [2.24, 2.45) is 0 Å². The molecule has 1 aliphatic rings. The highest BCUT2D eigenvalue weighted by Crippen LogP contribution is 2.14. The quantitative estimate of drug-likeness (QED) is 0.773. The molecule has 0 saturated carbocycles. The molecule has 0 spiro atoms. The number of pyridine rings is 1. The van der Waals surface area contributed by atoms with Crippen LogP contribution >= 0.6 is 15.9 Å². The second-order valence-corrected chi connectivity index (χ2v) is 3.51. The molecule has 2 heterocycles. The Labute approximate surface area is 79.3 Å². The summed E-state index contributed by atoms with van der Waals surface area (Å²) in [5.74, 6) is 0.691. The first-order valence-electron chi connectivity index (χ1n) is 3.84. The van der Waals surface area contributed by atoms with Crippen LogP contribution in [0, 0.1) is 0 Å². The van der Waals surface area contributed by atoms with Crippen LogP contribution in [-0.2, 0) is 0 Å². The Morgan fingerprint density at radius 2 is 2.33 bits per heavy atom. The van der Waals surface area contributed by atoms with Gasteiger partial charge in [0.2, 0.25) is 5.88 Å². The molecule has 0 atom stereocenters. The van der Waals surface area contributed by atoms with Crippen LogP contribution in [0.15, 0.2) is 22.8 Å². The van der Waals surface area contributed by atoms with Crippen LogP contribution in [0.5, 0.6) is 5.88 Å². The highest BCUT2D eigenvalue weighted by atomic mass is 79.9. The van der Waals surface area contributed by atoms with Gasteiger partial charge in [-0.3, -0.25) is 0 Å². The Bertz CT molecular complexity index is 276. The minimum absolute atomic E-state index is 0.298. The van der Waals surface area contributed by atoms with Crippen molar-refractivity contribution in [2.45, 2.75) is 6.10 Å². The maximum Gasteiger partial charge on any atom is 0.214 e. The first kappa shape index (κ1) is 8.01. The van der Waals surface area contributed by atoms with Crippen LogP contribution in [0.3, 0.4) is 0 Å². The average molecular weight is 229 g/mol. The Morgan fingerprint density at radius 1 is 1.50 bits per heavy atom. The average Bonchev–Trinajstić information content (AvgIpc) is 1.97. The second-order valence-electron chi connectivity index (χ2n) is 2.70. The van der Waals surface area contributed by atoms with Crippen molar-refractivity contribution in [1.29, 1.82) is 0 Å². The third kappa shape index (κ3) is 1.76. The molecule has 0 aromatic carbocycles. The number of aromatic nitrogens is 1. The summed E-state index contributed by atoms with van der Waals surface area (Å²) in [5, 5.41) is 3.13. The molecule has 3 nitrogen and oxygen atoms in total. The summed E-state index contributed by atoms with van der Waals surface area (Å²) >= 11 is 3.29. The SMILES string of the molecule is Brc1cccc(OC2CNC2)n1. The first-order valence-corrected chi connectivity index (χ1v) is 4.64. The molecule has 1 aliphatic heterocycles. The lowest BCUT2D eigenvalue weighted by molar-refractivity contribution is 0.136. The van der Waals surface area contributed by atoms with Gasteiger partial charge < -0.3 is 10.1 Å². The van der Waals surface area contributed by atoms with Gasteiger partial charge in [-0.25, -0.2) is 4.98 Å². The van der Waals surface area contributed by atoms with Gasteiger partial charge in [0.25, 0.3) is 0 Å². The number of halogens is 1. The van der Waals surface area contributed by atoms with Gasteiger partial charge in [0.15, 0.2) is 0 Å². The molecule has 4 heteroatoms. The summed E-state index contributed by atoms with van der Waals surface area (Å²) in [6.45, 7) is 1.85. The molecule has 0 bridgehead atoms. The zero-order valence-corrected chi connectivity index (χ0v) is 8.04. The maximum absolute atomic E-state index is 5.53. The normalized spacial score (nSPS) is 17.1. The van der Waals surface area contributed by atoms with E-state index in [0.717, 1.165) is 17.7 Å². The summed E-state index contributed by atoms with van der Waals surface area (Å²) in [7, 11) is 0. The molecule has 1 aromatic heterocycles. The molecule has 64 valence electrons. The lowest BCUT2D eigenvalue weighted by Gasteiger charge is -2.27. The summed E-state index contributed by atoms with van der Waals surface area (Å²) in [6.07, 6.45) is 0.298. The molecule has 1 fully saturated rings. The van der Waals surface area contributed by atoms with Crippen LogP contribution < -0.4 is 10.1 Å². The van der Waals surface area contributed by atoms with Crippen LogP contribution in [0.25, 0.3) is 0 Å². The zero-order valence-electron chi connectivity index (χ0n) is 6.46. The third-order valence-electron chi connectivity index (χ3n) is 1.72. The topological polar surface area (TPSA) is 34.1 Å². The van der Waals surface area contributed by atoms with Gasteiger partial charge in [0.1, 0.15) is 10.7 Å². The number of nitrogens with zero attached hydrogens (tertiary/aromatic N) is 1. The van der Waals surface area contributed by atoms with Crippen molar-refractivity contribution in [1.82, 2.24) is 10.3 Å². The standard InChI is InChI=1S/C8H9BrN2O/c9-7-2-1-3-8(11-7)12-6-4-10-5-6/h1-3,6,10H,4-5H2. The van der Waals surface area contributed by atoms with Gasteiger partial charge in [-0.05, 0) is 22.0 Å². The Hall–Kier alpha value is -0.610. The second kappa shape index (κ2) is 3.41. The minimum atomic E-state index is 0.298. The van der Waals surface area contributed by atoms with E-state index in [2.05, 4.69) is 26.2 Å². The van der Waals surface area contributed by atoms with E-state index in [-0.39, 0.29) is 0 Å². The number of ether oxygens (including phenoxy) is 1. The van der Waals surface area contributed by atoms with Crippen LogP contribution in [0.2, 0.25) is 0 Å². The summed E-state index contributed by atoms with van der Waals surface area (Å²) in [6, 6.07) is 5.66. The Kier molecular flexibility index (Phi) is 2.28. The van der Waals surface area contributed by atoms with Gasteiger partial charge >= 0.3 is 0 Å². The molecule has 12 heavy (non-hydrogen) atoms. The van der Waals surface area contributed by atoms with Crippen molar-refractivity contribution in [2.75, 3.05) is 13.1 Å². The zero-order chi connectivity index (χ0) is 8.39. The van der Waals surface area contributed by atoms with E-state index < -0.39 is 0 Å². The van der Waals surface area contributed by atoms with Gasteiger partial charge in [-0.2, -0.15) is 0 Å². The van der Waals surface area contributed by atoms with Gasteiger partial charge in [0.05, 0.1) is 0 Å².